The van der Waals surface area contributed by atoms with Gasteiger partial charge >= 0.3 is 0 Å². The molecule has 11 aromatic heterocycles. The van der Waals surface area contributed by atoms with Gasteiger partial charge in [0.1, 0.15) is 45.5 Å². The number of benzene rings is 8. The van der Waals surface area contributed by atoms with Crippen LogP contribution in [0, 0.1) is 0 Å². The number of phenolic OH excluding ortho intramolecular Hbond substituents is 1. The van der Waals surface area contributed by atoms with E-state index in [4.69, 9.17) is 14.5 Å². The Morgan fingerprint density at radius 3 is 1.34 bits per heavy atom. The third-order valence-corrected chi connectivity index (χ3v) is 20.7. The minimum atomic E-state index is -0.226. The van der Waals surface area contributed by atoms with Gasteiger partial charge in [-0.25, -0.2) is 19.9 Å². The number of nitrogens with zero attached hydrogens (tertiary/aromatic N) is 13. The van der Waals surface area contributed by atoms with Crippen LogP contribution >= 0.6 is 0 Å². The van der Waals surface area contributed by atoms with Crippen molar-refractivity contribution in [3.63, 3.8) is 0 Å². The van der Waals surface area contributed by atoms with Crippen LogP contribution in [0.2, 0.25) is 0 Å². The molecule has 0 atom stereocenters. The highest BCUT2D eigenvalue weighted by Gasteiger charge is 2.19. The van der Waals surface area contributed by atoms with E-state index in [1.165, 1.54) is 22.2 Å². The van der Waals surface area contributed by atoms with Crippen LogP contribution in [0.5, 0.6) is 17.2 Å². The summed E-state index contributed by atoms with van der Waals surface area (Å²) >= 11 is 0. The molecule has 574 valence electrons. The minimum Gasteiger partial charge on any atom is -0.508 e. The number of anilines is 2. The second kappa shape index (κ2) is 33.8. The van der Waals surface area contributed by atoms with Crippen molar-refractivity contribution >= 4 is 61.5 Å². The van der Waals surface area contributed by atoms with Gasteiger partial charge in [-0.2, -0.15) is 0 Å². The fourth-order valence-corrected chi connectivity index (χ4v) is 14.7. The zero-order valence-corrected chi connectivity index (χ0v) is 65.4. The Morgan fingerprint density at radius 2 is 0.821 bits per heavy atom. The van der Waals surface area contributed by atoms with Crippen LogP contribution in [0.25, 0.3) is 134 Å². The standard InChI is InChI=1S/C27H25N5.C25H18N4O.C25H21N3O.C22H20N2O2/c1-30-14-16-31(17-15-30)22-8-6-20(7-9-22)21-11-13-32-26(19-29-27(32)18-21)24-10-12-28-25-5-3-2-4-23(24)25;30-25(22-8-4-5-14-26-22)28-21-11-9-18(10-12-21)20-13-15-29-23(17-27-24(29)16-20)19-6-2-1-3-7-19;1-17(2)29-21-9-7-18(8-10-21)19-11-12-28-24(16-27-25(28)13-19)23-15-26-14-20-5-3-4-6-22(20)23;1-15(2)26-20-9-5-16(6-10-20)18-11-12-24-21(14-23-22(24)13-18)17-3-7-19(25)8-4-17/h2-13,18-19H,14-17H2,1H3;1-17H,(H,28,30);3-17H,1-2H3;3-15,25H,1-2H3. The molecule has 19 aromatic rings. The van der Waals surface area contributed by atoms with Gasteiger partial charge in [-0.05, 0) is 230 Å². The first-order valence-electron chi connectivity index (χ1n) is 39.1. The van der Waals surface area contributed by atoms with Gasteiger partial charge in [0.05, 0.1) is 65.3 Å². The number of para-hydroxylation sites is 1. The van der Waals surface area contributed by atoms with Crippen LogP contribution in [0.4, 0.5) is 11.4 Å². The summed E-state index contributed by atoms with van der Waals surface area (Å²) in [6.45, 7) is 12.5. The molecule has 18 nitrogen and oxygen atoms in total. The number of amides is 1. The number of carbonyl (C=O) groups excluding carboxylic acids is 1. The SMILES string of the molecule is CC(C)Oc1ccc(-c2ccn3c(-c4ccc(O)cc4)cnc3c2)cc1.CC(C)Oc1ccc(-c2ccn3c(-c4cncc5ccccc45)cnc3c2)cc1.CN1CCN(c2ccc(-c3ccn4c(-c5ccnc6ccccc56)cnc4c3)cc2)CC1.O=C(Nc1ccc(-c2ccn3c(-c4ccccc4)cnc3c2)cc1)c1ccccn1. The minimum absolute atomic E-state index is 0.167. The van der Waals surface area contributed by atoms with Crippen molar-refractivity contribution < 1.29 is 19.4 Å². The van der Waals surface area contributed by atoms with Crippen LogP contribution in [-0.2, 0) is 0 Å². The lowest BCUT2D eigenvalue weighted by atomic mass is 10.1. The number of aromatic nitrogens is 11. The van der Waals surface area contributed by atoms with Crippen molar-refractivity contribution in [2.45, 2.75) is 39.9 Å². The van der Waals surface area contributed by atoms with Crippen molar-refractivity contribution in [1.29, 1.82) is 0 Å². The highest BCUT2D eigenvalue weighted by atomic mass is 16.5. The van der Waals surface area contributed by atoms with E-state index in [0.717, 1.165) is 161 Å². The van der Waals surface area contributed by atoms with Crippen molar-refractivity contribution in [3.8, 4) is 107 Å². The van der Waals surface area contributed by atoms with Gasteiger partial charge in [0.2, 0.25) is 0 Å². The molecule has 117 heavy (non-hydrogen) atoms. The third kappa shape index (κ3) is 16.8. The van der Waals surface area contributed by atoms with Crippen LogP contribution in [0.1, 0.15) is 38.2 Å². The van der Waals surface area contributed by atoms with Gasteiger partial charge in [0.25, 0.3) is 5.91 Å². The van der Waals surface area contributed by atoms with E-state index >= 15 is 0 Å². The first kappa shape index (κ1) is 74.8. The highest BCUT2D eigenvalue weighted by Crippen LogP contribution is 2.36. The molecule has 0 saturated carbocycles. The van der Waals surface area contributed by atoms with E-state index in [-0.39, 0.29) is 23.9 Å². The number of fused-ring (bicyclic) bond motifs is 6. The predicted molar refractivity (Wildman–Crippen MR) is 470 cm³/mol. The molecule has 0 bridgehead atoms. The number of rotatable bonds is 15. The molecular formula is C99H84N14O4. The molecular weight excluding hydrogens is 1450 g/mol. The zero-order chi connectivity index (χ0) is 79.7. The Morgan fingerprint density at radius 1 is 0.376 bits per heavy atom. The fourth-order valence-electron chi connectivity index (χ4n) is 14.7. The number of piperazine rings is 1. The topological polar surface area (TPSA) is 182 Å². The zero-order valence-electron chi connectivity index (χ0n) is 65.4. The second-order valence-electron chi connectivity index (χ2n) is 29.3. The fraction of sp³-hybridized carbons (Fsp3) is 0.111. The molecule has 0 radical (unpaired) electrons. The van der Waals surface area contributed by atoms with Gasteiger partial charge in [0.15, 0.2) is 0 Å². The lowest BCUT2D eigenvalue weighted by Gasteiger charge is -2.34. The van der Waals surface area contributed by atoms with Gasteiger partial charge in [-0.15, -0.1) is 0 Å². The van der Waals surface area contributed by atoms with Gasteiger partial charge < -0.3 is 29.7 Å². The average Bonchev–Trinajstić information content (AvgIpc) is 1.71. The summed E-state index contributed by atoms with van der Waals surface area (Å²) in [7, 11) is 2.19. The molecule has 18 heteroatoms. The maximum atomic E-state index is 12.3. The molecule has 12 heterocycles. The summed E-state index contributed by atoms with van der Waals surface area (Å²) in [4.78, 5) is 48.6. The van der Waals surface area contributed by atoms with Crippen LogP contribution in [0.15, 0.2) is 347 Å². The monoisotopic (exact) mass is 1530 g/mol. The predicted octanol–water partition coefficient (Wildman–Crippen LogP) is 21.4. The summed E-state index contributed by atoms with van der Waals surface area (Å²) < 4.78 is 19.8. The molecule has 1 aliphatic rings. The van der Waals surface area contributed by atoms with Crippen molar-refractivity contribution in [1.82, 2.24) is 57.4 Å². The average molecular weight is 1530 g/mol. The maximum absolute atomic E-state index is 12.3. The molecule has 1 amide bonds. The van der Waals surface area contributed by atoms with E-state index in [2.05, 4.69) is 223 Å². The Balaban J connectivity index is 0.000000112. The molecule has 8 aromatic carbocycles. The Kier molecular flexibility index (Phi) is 21.6. The maximum Gasteiger partial charge on any atom is 0.274 e. The van der Waals surface area contributed by atoms with E-state index in [1.54, 1.807) is 36.5 Å². The molecule has 1 fully saturated rings. The van der Waals surface area contributed by atoms with Crippen LogP contribution < -0.4 is 19.7 Å². The number of imidazole rings is 4. The quantitative estimate of drug-likeness (QED) is 0.0990. The van der Waals surface area contributed by atoms with Gasteiger partial charge in [-0.3, -0.25) is 37.3 Å². The summed E-state index contributed by atoms with van der Waals surface area (Å²) in [5, 5.41) is 15.8. The number of phenols is 1. The van der Waals surface area contributed by atoms with Crippen molar-refractivity contribution in [2.75, 3.05) is 43.4 Å². The molecule has 1 saturated heterocycles. The lowest BCUT2D eigenvalue weighted by molar-refractivity contribution is 0.102. The Labute approximate surface area is 677 Å². The van der Waals surface area contributed by atoms with Crippen LogP contribution in [0.3, 0.4) is 0 Å². The number of likely N-dealkylation sites (N-methyl/N-ethyl adjacent to an activating group) is 1. The number of ether oxygens (including phenoxy) is 2. The summed E-state index contributed by atoms with van der Waals surface area (Å²) in [6, 6.07) is 91.1. The van der Waals surface area contributed by atoms with E-state index < -0.39 is 0 Å². The molecule has 2 N–H and O–H groups in total. The van der Waals surface area contributed by atoms with Crippen molar-refractivity contribution in [2.24, 2.45) is 0 Å². The van der Waals surface area contributed by atoms with E-state index in [0.29, 0.717) is 5.69 Å². The largest absolute Gasteiger partial charge is 0.508 e. The molecule has 1 aliphatic heterocycles. The molecule has 0 aliphatic carbocycles. The Bertz CT molecular complexity index is 6650. The lowest BCUT2D eigenvalue weighted by Crippen LogP contribution is -2.44. The number of hydrogen-bond acceptors (Lipinski definition) is 13. The second-order valence-corrected chi connectivity index (χ2v) is 29.3. The summed E-state index contributed by atoms with van der Waals surface area (Å²) in [6.07, 6.45) is 23.5. The molecule has 0 unspecified atom stereocenters. The highest BCUT2D eigenvalue weighted by molar-refractivity contribution is 6.03. The molecule has 20 rings (SSSR count). The van der Waals surface area contributed by atoms with Gasteiger partial charge in [-0.1, -0.05) is 127 Å². The van der Waals surface area contributed by atoms with E-state index in [1.807, 2.05) is 185 Å². The normalized spacial score (nSPS) is 12.2. The van der Waals surface area contributed by atoms with Crippen molar-refractivity contribution in [3.05, 3.63) is 353 Å². The Hall–Kier alpha value is -14.9. The summed E-state index contributed by atoms with van der Waals surface area (Å²) in [5.74, 6) is 1.79. The van der Waals surface area contributed by atoms with Gasteiger partial charge in [0, 0.05) is 120 Å². The number of pyridine rings is 7. The number of carbonyl (C=O) groups is 1. The number of hydrogen-bond donors (Lipinski definition) is 2. The van der Waals surface area contributed by atoms with Crippen LogP contribution in [-0.4, -0.2) is 114 Å². The smallest absolute Gasteiger partial charge is 0.274 e. The summed E-state index contributed by atoms with van der Waals surface area (Å²) in [5.41, 5.74) is 24.6. The first-order valence-corrected chi connectivity index (χ1v) is 39.1. The molecule has 0 spiro atoms. The number of nitrogens with one attached hydrogen (secondary N) is 1. The first-order chi connectivity index (χ1) is 57.3. The number of aromatic hydroxyl groups is 1. The van der Waals surface area contributed by atoms with E-state index in [9.17, 15) is 9.90 Å². The third-order valence-electron chi connectivity index (χ3n) is 20.7.